The first-order valence-corrected chi connectivity index (χ1v) is 4.94. The molecule has 1 aliphatic carbocycles. The molecule has 0 spiro atoms. The van der Waals surface area contributed by atoms with Gasteiger partial charge in [-0.25, -0.2) is 10.8 Å². The van der Waals surface area contributed by atoms with Crippen LogP contribution < -0.4 is 16.6 Å². The van der Waals surface area contributed by atoms with Crippen LogP contribution in [0.4, 0.5) is 11.8 Å². The van der Waals surface area contributed by atoms with E-state index in [4.69, 9.17) is 5.84 Å². The van der Waals surface area contributed by atoms with Crippen molar-refractivity contribution in [3.8, 4) is 0 Å². The molecule has 1 heterocycles. The molecule has 5 nitrogen and oxygen atoms in total. The number of nitrogens with two attached hydrogens (primary N) is 1. The van der Waals surface area contributed by atoms with E-state index in [0.717, 1.165) is 5.82 Å². The van der Waals surface area contributed by atoms with Crippen molar-refractivity contribution in [2.45, 2.75) is 31.7 Å². The summed E-state index contributed by atoms with van der Waals surface area (Å²) < 4.78 is 0. The fraction of sp³-hybridized carbons (Fsp3) is 0.556. The van der Waals surface area contributed by atoms with E-state index in [-0.39, 0.29) is 0 Å². The molecule has 0 aliphatic heterocycles. The Morgan fingerprint density at radius 1 is 1.36 bits per heavy atom. The largest absolute Gasteiger partial charge is 0.367 e. The normalized spacial score (nSPS) is 16.9. The average Bonchev–Trinajstić information content (AvgIpc) is 2.71. The first-order chi connectivity index (χ1) is 6.88. The van der Waals surface area contributed by atoms with Crippen molar-refractivity contribution < 1.29 is 0 Å². The van der Waals surface area contributed by atoms with Gasteiger partial charge in [-0.15, -0.1) is 0 Å². The number of hydrazine groups is 1. The molecule has 2 rings (SSSR count). The highest BCUT2D eigenvalue weighted by molar-refractivity contribution is 5.39. The summed E-state index contributed by atoms with van der Waals surface area (Å²) in [6, 6.07) is 2.43. The first kappa shape index (κ1) is 9.21. The molecular weight excluding hydrogens is 178 g/mol. The molecule has 14 heavy (non-hydrogen) atoms. The van der Waals surface area contributed by atoms with Crippen LogP contribution in [0.25, 0.3) is 0 Å². The summed E-state index contributed by atoms with van der Waals surface area (Å²) in [5.41, 5.74) is 2.43. The maximum atomic E-state index is 5.22. The Kier molecular flexibility index (Phi) is 2.78. The molecule has 1 fully saturated rings. The number of hydrogen-bond donors (Lipinski definition) is 3. The fourth-order valence-corrected chi connectivity index (χ4v) is 1.79. The van der Waals surface area contributed by atoms with Gasteiger partial charge >= 0.3 is 0 Å². The standard InChI is InChI=1S/C9H15N5/c10-14-9-11-6-5-8(13-9)12-7-3-1-2-4-7/h5-7H,1-4,10H2,(H2,11,12,13,14). The molecule has 4 N–H and O–H groups in total. The molecule has 76 valence electrons. The van der Waals surface area contributed by atoms with Crippen LogP contribution in [0.2, 0.25) is 0 Å². The Morgan fingerprint density at radius 3 is 2.86 bits per heavy atom. The summed E-state index contributed by atoms with van der Waals surface area (Å²) in [6.45, 7) is 0. The van der Waals surface area contributed by atoms with Crippen molar-refractivity contribution >= 4 is 11.8 Å². The average molecular weight is 193 g/mol. The van der Waals surface area contributed by atoms with Crippen molar-refractivity contribution in [1.82, 2.24) is 9.97 Å². The molecule has 0 unspecified atom stereocenters. The lowest BCUT2D eigenvalue weighted by atomic mass is 10.2. The topological polar surface area (TPSA) is 75.9 Å². The van der Waals surface area contributed by atoms with E-state index < -0.39 is 0 Å². The summed E-state index contributed by atoms with van der Waals surface area (Å²) >= 11 is 0. The Bertz CT molecular complexity index is 295. The number of nitrogens with zero attached hydrogens (tertiary/aromatic N) is 2. The van der Waals surface area contributed by atoms with Crippen molar-refractivity contribution in [3.63, 3.8) is 0 Å². The SMILES string of the molecule is NNc1nccc(NC2CCCC2)n1. The van der Waals surface area contributed by atoms with Crippen molar-refractivity contribution in [3.05, 3.63) is 12.3 Å². The molecular formula is C9H15N5. The highest BCUT2D eigenvalue weighted by Crippen LogP contribution is 2.21. The van der Waals surface area contributed by atoms with E-state index in [1.54, 1.807) is 6.20 Å². The summed E-state index contributed by atoms with van der Waals surface area (Å²) in [7, 11) is 0. The molecule has 0 radical (unpaired) electrons. The quantitative estimate of drug-likeness (QED) is 0.495. The summed E-state index contributed by atoms with van der Waals surface area (Å²) in [5.74, 6) is 6.52. The molecule has 0 bridgehead atoms. The third-order valence-electron chi connectivity index (χ3n) is 2.49. The summed E-state index contributed by atoms with van der Waals surface area (Å²) in [4.78, 5) is 8.14. The Balaban J connectivity index is 2.00. The van der Waals surface area contributed by atoms with Crippen LogP contribution in [0, 0.1) is 0 Å². The molecule has 0 aromatic carbocycles. The molecule has 1 aliphatic rings. The van der Waals surface area contributed by atoms with Crippen molar-refractivity contribution in [2.24, 2.45) is 5.84 Å². The van der Waals surface area contributed by atoms with E-state index in [9.17, 15) is 0 Å². The van der Waals surface area contributed by atoms with Crippen LogP contribution in [0.3, 0.4) is 0 Å². The van der Waals surface area contributed by atoms with Gasteiger partial charge in [-0.3, -0.25) is 5.43 Å². The zero-order valence-corrected chi connectivity index (χ0v) is 8.03. The number of aromatic nitrogens is 2. The van der Waals surface area contributed by atoms with Crippen LogP contribution in [0.1, 0.15) is 25.7 Å². The second kappa shape index (κ2) is 4.23. The van der Waals surface area contributed by atoms with Gasteiger partial charge in [0.1, 0.15) is 5.82 Å². The predicted molar refractivity (Wildman–Crippen MR) is 55.7 cm³/mol. The van der Waals surface area contributed by atoms with E-state index in [1.807, 2.05) is 6.07 Å². The Morgan fingerprint density at radius 2 is 2.14 bits per heavy atom. The monoisotopic (exact) mass is 193 g/mol. The van der Waals surface area contributed by atoms with Gasteiger partial charge in [-0.05, 0) is 18.9 Å². The number of hydrogen-bond acceptors (Lipinski definition) is 5. The smallest absolute Gasteiger partial charge is 0.239 e. The Labute approximate surface area is 83.1 Å². The zero-order valence-electron chi connectivity index (χ0n) is 8.03. The van der Waals surface area contributed by atoms with E-state index >= 15 is 0 Å². The third-order valence-corrected chi connectivity index (χ3v) is 2.49. The maximum absolute atomic E-state index is 5.22. The molecule has 1 saturated carbocycles. The number of anilines is 2. The minimum absolute atomic E-state index is 0.452. The molecule has 1 aromatic heterocycles. The second-order valence-corrected chi connectivity index (χ2v) is 3.54. The van der Waals surface area contributed by atoms with Crippen molar-refractivity contribution in [2.75, 3.05) is 10.7 Å². The van der Waals surface area contributed by atoms with Gasteiger partial charge in [-0.2, -0.15) is 4.98 Å². The van der Waals surface area contributed by atoms with E-state index in [2.05, 4.69) is 20.7 Å². The zero-order chi connectivity index (χ0) is 9.80. The highest BCUT2D eigenvalue weighted by Gasteiger charge is 2.14. The molecule has 1 aromatic rings. The highest BCUT2D eigenvalue weighted by atomic mass is 15.3. The van der Waals surface area contributed by atoms with Crippen LogP contribution in [0.5, 0.6) is 0 Å². The van der Waals surface area contributed by atoms with Crippen LogP contribution in [-0.4, -0.2) is 16.0 Å². The fourth-order valence-electron chi connectivity index (χ4n) is 1.79. The van der Waals surface area contributed by atoms with E-state index in [1.165, 1.54) is 25.7 Å². The maximum Gasteiger partial charge on any atom is 0.239 e. The lowest BCUT2D eigenvalue weighted by Crippen LogP contribution is -2.17. The number of nitrogens with one attached hydrogen (secondary N) is 2. The van der Waals surface area contributed by atoms with Crippen LogP contribution >= 0.6 is 0 Å². The summed E-state index contributed by atoms with van der Waals surface area (Å²) in [6.07, 6.45) is 6.78. The number of nitrogen functional groups attached to an aromatic ring is 1. The van der Waals surface area contributed by atoms with Crippen LogP contribution in [0.15, 0.2) is 12.3 Å². The van der Waals surface area contributed by atoms with Gasteiger partial charge < -0.3 is 5.32 Å². The van der Waals surface area contributed by atoms with Gasteiger partial charge in [0.05, 0.1) is 0 Å². The molecule has 5 heteroatoms. The Hall–Kier alpha value is -1.36. The lowest BCUT2D eigenvalue weighted by Gasteiger charge is -2.12. The molecule has 0 amide bonds. The van der Waals surface area contributed by atoms with Gasteiger partial charge in [0, 0.05) is 12.2 Å². The third kappa shape index (κ3) is 2.11. The first-order valence-electron chi connectivity index (χ1n) is 4.94. The van der Waals surface area contributed by atoms with Crippen molar-refractivity contribution in [1.29, 1.82) is 0 Å². The lowest BCUT2D eigenvalue weighted by molar-refractivity contribution is 0.750. The van der Waals surface area contributed by atoms with E-state index in [0.29, 0.717) is 12.0 Å². The number of rotatable bonds is 3. The second-order valence-electron chi connectivity index (χ2n) is 3.54. The molecule has 0 atom stereocenters. The predicted octanol–water partition coefficient (Wildman–Crippen LogP) is 1.12. The minimum Gasteiger partial charge on any atom is -0.367 e. The molecule has 0 saturated heterocycles. The summed E-state index contributed by atoms with van der Waals surface area (Å²) in [5, 5.41) is 3.37. The minimum atomic E-state index is 0.452. The van der Waals surface area contributed by atoms with Gasteiger partial charge in [-0.1, -0.05) is 12.8 Å². The van der Waals surface area contributed by atoms with Crippen LogP contribution in [-0.2, 0) is 0 Å². The van der Waals surface area contributed by atoms with Gasteiger partial charge in [0.25, 0.3) is 0 Å². The van der Waals surface area contributed by atoms with Gasteiger partial charge in [0.2, 0.25) is 5.95 Å². The van der Waals surface area contributed by atoms with Gasteiger partial charge in [0.15, 0.2) is 0 Å².